The number of halogens is 3. The highest BCUT2D eigenvalue weighted by Gasteiger charge is 2.51. The van der Waals surface area contributed by atoms with E-state index < -0.39 is 21.8 Å². The van der Waals surface area contributed by atoms with Gasteiger partial charge in [-0.3, -0.25) is 0 Å². The summed E-state index contributed by atoms with van der Waals surface area (Å²) in [6.07, 6.45) is -3.49. The molecule has 1 fully saturated rings. The third kappa shape index (κ3) is 3.63. The number of aliphatic hydroxyl groups is 1. The van der Waals surface area contributed by atoms with Gasteiger partial charge < -0.3 is 14.4 Å². The molecule has 0 bridgehead atoms. The Bertz CT molecular complexity index is 909. The maximum Gasteiger partial charge on any atom is 0.421 e. The van der Waals surface area contributed by atoms with E-state index in [9.17, 15) is 26.7 Å². The summed E-state index contributed by atoms with van der Waals surface area (Å²) in [5.41, 5.74) is -2.54. The van der Waals surface area contributed by atoms with Crippen LogP contribution in [0.25, 0.3) is 0 Å². The molecule has 1 aromatic carbocycles. The molecule has 10 heteroatoms. The van der Waals surface area contributed by atoms with Crippen molar-refractivity contribution >= 4 is 15.7 Å². The molecule has 0 spiro atoms. The van der Waals surface area contributed by atoms with Crippen LogP contribution in [-0.4, -0.2) is 49.7 Å². The fourth-order valence-electron chi connectivity index (χ4n) is 3.20. The summed E-state index contributed by atoms with van der Waals surface area (Å²) < 4.78 is 70.4. The summed E-state index contributed by atoms with van der Waals surface area (Å²) in [4.78, 5) is 1.92. The zero-order valence-corrected chi connectivity index (χ0v) is 16.2. The fraction of sp³-hybridized carbons (Fsp3) is 0.444. The van der Waals surface area contributed by atoms with Crippen molar-refractivity contribution in [3.8, 4) is 0 Å². The highest BCUT2D eigenvalue weighted by atomic mass is 32.2. The average molecular weight is 418 g/mol. The van der Waals surface area contributed by atoms with Gasteiger partial charge in [0.1, 0.15) is 0 Å². The molecule has 3 rings (SSSR count). The van der Waals surface area contributed by atoms with Crippen LogP contribution < -0.4 is 4.90 Å². The van der Waals surface area contributed by atoms with Gasteiger partial charge in [-0.1, -0.05) is 12.1 Å². The number of nitrogens with zero attached hydrogens (tertiary/aromatic N) is 2. The first-order valence-electron chi connectivity index (χ1n) is 8.64. The van der Waals surface area contributed by atoms with E-state index in [1.54, 1.807) is 0 Å². The van der Waals surface area contributed by atoms with Gasteiger partial charge in [0.05, 0.1) is 6.26 Å². The topological polar surface area (TPSA) is 74.0 Å². The Morgan fingerprint density at radius 2 is 1.79 bits per heavy atom. The van der Waals surface area contributed by atoms with Crippen LogP contribution in [0.5, 0.6) is 0 Å². The smallest absolute Gasteiger partial charge is 0.421 e. The zero-order valence-electron chi connectivity index (χ0n) is 15.3. The quantitative estimate of drug-likeness (QED) is 0.827. The minimum atomic E-state index is -4.78. The van der Waals surface area contributed by atoms with Gasteiger partial charge in [0.25, 0.3) is 10.0 Å². The molecule has 1 N–H and O–H groups in total. The molecule has 1 aromatic heterocycles. The summed E-state index contributed by atoms with van der Waals surface area (Å²) in [5.74, 6) is 0. The van der Waals surface area contributed by atoms with Gasteiger partial charge in [0, 0.05) is 31.4 Å². The van der Waals surface area contributed by atoms with E-state index in [4.69, 9.17) is 4.42 Å². The Labute approximate surface area is 161 Å². The number of rotatable bonds is 4. The molecule has 0 amide bonds. The summed E-state index contributed by atoms with van der Waals surface area (Å²) in [5, 5.41) is 9.65. The summed E-state index contributed by atoms with van der Waals surface area (Å²) in [6, 6.07) is 8.17. The number of piperazine rings is 1. The van der Waals surface area contributed by atoms with Crippen molar-refractivity contribution in [3.05, 3.63) is 48.2 Å². The maximum absolute atomic E-state index is 13.0. The lowest BCUT2D eigenvalue weighted by atomic mass is 9.95. The number of anilines is 1. The molecule has 6 nitrogen and oxygen atoms in total. The molecule has 0 radical (unpaired) electrons. The molecular weight excluding hydrogens is 397 g/mol. The SMILES string of the molecule is C[C@H]1CN(S(=O)(=O)c2ccco2)CCN1c1ccc(C(C)(O)C(F)(F)F)cc1. The third-order valence-electron chi connectivity index (χ3n) is 4.99. The number of furan rings is 1. The van der Waals surface area contributed by atoms with Crippen LogP contribution in [0, 0.1) is 0 Å². The number of sulfonamides is 1. The number of alkyl halides is 3. The first-order valence-corrected chi connectivity index (χ1v) is 10.1. The maximum atomic E-state index is 13.0. The molecule has 1 unspecified atom stereocenters. The Balaban J connectivity index is 1.75. The van der Waals surface area contributed by atoms with Gasteiger partial charge in [-0.2, -0.15) is 17.5 Å². The predicted octanol–water partition coefficient (Wildman–Crippen LogP) is 2.95. The van der Waals surface area contributed by atoms with E-state index in [0.29, 0.717) is 19.2 Å². The standard InChI is InChI=1S/C18H21F3N2O4S/c1-13-12-22(28(25,26)16-4-3-11-27-16)9-10-23(13)15-7-5-14(6-8-15)17(2,24)18(19,20)21/h3-8,11,13,24H,9-10,12H2,1-2H3/t13-,17?/m0/s1. The highest BCUT2D eigenvalue weighted by molar-refractivity contribution is 7.89. The van der Waals surface area contributed by atoms with Crippen LogP contribution in [-0.2, 0) is 15.6 Å². The Hall–Kier alpha value is -2.04. The number of benzene rings is 1. The summed E-state index contributed by atoms with van der Waals surface area (Å²) >= 11 is 0. The molecule has 0 saturated carbocycles. The molecule has 2 aromatic rings. The van der Waals surface area contributed by atoms with Gasteiger partial charge in [-0.15, -0.1) is 0 Å². The van der Waals surface area contributed by atoms with E-state index >= 15 is 0 Å². The van der Waals surface area contributed by atoms with Crippen molar-refractivity contribution in [2.24, 2.45) is 0 Å². The van der Waals surface area contributed by atoms with Crippen LogP contribution in [0.15, 0.2) is 52.2 Å². The van der Waals surface area contributed by atoms with Gasteiger partial charge in [0.2, 0.25) is 5.09 Å². The first-order chi connectivity index (χ1) is 12.9. The van der Waals surface area contributed by atoms with E-state index in [0.717, 1.165) is 0 Å². The summed E-state index contributed by atoms with van der Waals surface area (Å²) in [7, 11) is -3.72. The van der Waals surface area contributed by atoms with Crippen LogP contribution in [0.1, 0.15) is 19.4 Å². The normalized spacial score (nSPS) is 21.5. The molecule has 1 saturated heterocycles. The van der Waals surface area contributed by atoms with Crippen molar-refractivity contribution in [1.82, 2.24) is 4.31 Å². The Morgan fingerprint density at radius 1 is 1.14 bits per heavy atom. The minimum Gasteiger partial charge on any atom is -0.452 e. The van der Waals surface area contributed by atoms with E-state index in [1.807, 2.05) is 11.8 Å². The van der Waals surface area contributed by atoms with E-state index in [2.05, 4.69) is 0 Å². The van der Waals surface area contributed by atoms with Gasteiger partial charge in [-0.25, -0.2) is 8.42 Å². The minimum absolute atomic E-state index is 0.119. The van der Waals surface area contributed by atoms with Gasteiger partial charge >= 0.3 is 6.18 Å². The highest BCUT2D eigenvalue weighted by Crippen LogP contribution is 2.39. The number of hydrogen-bond acceptors (Lipinski definition) is 5. The van der Waals surface area contributed by atoms with Crippen LogP contribution in [0.4, 0.5) is 18.9 Å². The third-order valence-corrected chi connectivity index (χ3v) is 6.74. The van der Waals surface area contributed by atoms with Crippen molar-refractivity contribution in [3.63, 3.8) is 0 Å². The largest absolute Gasteiger partial charge is 0.452 e. The van der Waals surface area contributed by atoms with Crippen LogP contribution >= 0.6 is 0 Å². The summed E-state index contributed by atoms with van der Waals surface area (Å²) in [6.45, 7) is 3.35. The molecule has 0 aliphatic carbocycles. The first kappa shape index (κ1) is 20.7. The molecular formula is C18H21F3N2O4S. The van der Waals surface area contributed by atoms with Crippen LogP contribution in [0.2, 0.25) is 0 Å². The molecule has 154 valence electrons. The van der Waals surface area contributed by atoms with Crippen molar-refractivity contribution < 1.29 is 31.1 Å². The molecule has 1 aliphatic heterocycles. The van der Waals surface area contributed by atoms with Gasteiger partial charge in [-0.05, 0) is 43.7 Å². The molecule has 2 heterocycles. The predicted molar refractivity (Wildman–Crippen MR) is 96.3 cm³/mol. The lowest BCUT2D eigenvalue weighted by molar-refractivity contribution is -0.258. The van der Waals surface area contributed by atoms with E-state index in [-0.39, 0.29) is 29.8 Å². The second kappa shape index (κ2) is 7.09. The Morgan fingerprint density at radius 3 is 2.29 bits per heavy atom. The van der Waals surface area contributed by atoms with Crippen LogP contribution in [0.3, 0.4) is 0 Å². The second-order valence-electron chi connectivity index (χ2n) is 6.95. The monoisotopic (exact) mass is 418 g/mol. The van der Waals surface area contributed by atoms with Gasteiger partial charge in [0.15, 0.2) is 5.60 Å². The lowest BCUT2D eigenvalue weighted by Gasteiger charge is -2.40. The molecule has 2 atom stereocenters. The Kier molecular flexibility index (Phi) is 5.24. The van der Waals surface area contributed by atoms with E-state index in [1.165, 1.54) is 47.0 Å². The molecule has 28 heavy (non-hydrogen) atoms. The van der Waals surface area contributed by atoms with Crippen molar-refractivity contribution in [2.75, 3.05) is 24.5 Å². The van der Waals surface area contributed by atoms with Crippen molar-refractivity contribution in [1.29, 1.82) is 0 Å². The second-order valence-corrected chi connectivity index (χ2v) is 8.82. The fourth-order valence-corrected chi connectivity index (χ4v) is 4.62. The lowest BCUT2D eigenvalue weighted by Crippen LogP contribution is -2.53. The number of hydrogen-bond donors (Lipinski definition) is 1. The zero-order chi connectivity index (χ0) is 20.7. The van der Waals surface area contributed by atoms with Crippen molar-refractivity contribution in [2.45, 2.75) is 36.8 Å². The molecule has 1 aliphatic rings. The average Bonchev–Trinajstić information content (AvgIpc) is 3.16.